The number of benzene rings is 1. The first-order valence-electron chi connectivity index (χ1n) is 5.80. The summed E-state index contributed by atoms with van der Waals surface area (Å²) in [7, 11) is 1.83. The molecule has 0 aliphatic rings. The summed E-state index contributed by atoms with van der Waals surface area (Å²) in [4.78, 5) is 12.1. The fourth-order valence-electron chi connectivity index (χ4n) is 1.79. The number of nitrogens with one attached hydrogen (secondary N) is 1. The van der Waals surface area contributed by atoms with Crippen LogP contribution in [0.25, 0.3) is 0 Å². The van der Waals surface area contributed by atoms with Gasteiger partial charge in [0.15, 0.2) is 0 Å². The van der Waals surface area contributed by atoms with E-state index in [-0.39, 0.29) is 5.91 Å². The van der Waals surface area contributed by atoms with Crippen LogP contribution in [0.5, 0.6) is 0 Å². The zero-order chi connectivity index (χ0) is 13.1. The Morgan fingerprint density at radius 3 is 2.83 bits per heavy atom. The molecule has 2 rings (SSSR count). The van der Waals surface area contributed by atoms with E-state index in [1.54, 1.807) is 35.1 Å². The fourth-order valence-corrected chi connectivity index (χ4v) is 1.79. The highest BCUT2D eigenvalue weighted by molar-refractivity contribution is 6.07. The van der Waals surface area contributed by atoms with Crippen LogP contribution in [-0.4, -0.2) is 15.7 Å². The van der Waals surface area contributed by atoms with Crippen LogP contribution in [0.4, 0.5) is 11.4 Å². The molecule has 0 fully saturated rings. The van der Waals surface area contributed by atoms with Gasteiger partial charge in [0.25, 0.3) is 5.91 Å². The molecular formula is C13H16N4O. The molecule has 1 heterocycles. The van der Waals surface area contributed by atoms with Gasteiger partial charge in [-0.05, 0) is 18.6 Å². The quantitative estimate of drug-likeness (QED) is 0.809. The number of hydrogen-bond acceptors (Lipinski definition) is 3. The zero-order valence-corrected chi connectivity index (χ0v) is 10.5. The molecule has 1 amide bonds. The van der Waals surface area contributed by atoms with Crippen molar-refractivity contribution in [3.05, 3.63) is 41.7 Å². The smallest absolute Gasteiger partial charge is 0.257 e. The molecule has 2 aromatic rings. The first-order chi connectivity index (χ1) is 8.61. The molecule has 0 aliphatic heterocycles. The molecule has 0 aliphatic carbocycles. The summed E-state index contributed by atoms with van der Waals surface area (Å²) in [6.07, 6.45) is 2.55. The summed E-state index contributed by atoms with van der Waals surface area (Å²) in [6.45, 7) is 1.99. The van der Waals surface area contributed by atoms with Gasteiger partial charge in [-0.15, -0.1) is 0 Å². The van der Waals surface area contributed by atoms with Gasteiger partial charge in [0.2, 0.25) is 0 Å². The molecule has 0 saturated heterocycles. The number of aromatic nitrogens is 2. The summed E-state index contributed by atoms with van der Waals surface area (Å²) < 4.78 is 1.68. The third-order valence-corrected chi connectivity index (χ3v) is 2.69. The van der Waals surface area contributed by atoms with Crippen molar-refractivity contribution in [1.29, 1.82) is 0 Å². The average molecular weight is 244 g/mol. The highest BCUT2D eigenvalue weighted by atomic mass is 16.1. The number of aryl methyl sites for hydroxylation is 2. The van der Waals surface area contributed by atoms with Crippen LogP contribution < -0.4 is 11.1 Å². The van der Waals surface area contributed by atoms with Crippen LogP contribution in [0.3, 0.4) is 0 Å². The molecule has 1 aromatic carbocycles. The minimum absolute atomic E-state index is 0.212. The number of nitrogens with zero attached hydrogens (tertiary/aromatic N) is 2. The van der Waals surface area contributed by atoms with Crippen LogP contribution in [0.2, 0.25) is 0 Å². The fraction of sp³-hybridized carbons (Fsp3) is 0.231. The highest BCUT2D eigenvalue weighted by Gasteiger charge is 2.12. The second-order valence-corrected chi connectivity index (χ2v) is 4.06. The Kier molecular flexibility index (Phi) is 3.32. The third kappa shape index (κ3) is 2.34. The second kappa shape index (κ2) is 4.91. The molecule has 5 heteroatoms. The Balaban J connectivity index is 2.24. The van der Waals surface area contributed by atoms with Crippen molar-refractivity contribution in [2.45, 2.75) is 13.3 Å². The van der Waals surface area contributed by atoms with Gasteiger partial charge in [-0.2, -0.15) is 5.10 Å². The maximum absolute atomic E-state index is 12.1. The first-order valence-corrected chi connectivity index (χ1v) is 5.80. The normalized spacial score (nSPS) is 10.3. The third-order valence-electron chi connectivity index (χ3n) is 2.69. The maximum atomic E-state index is 12.1. The number of amides is 1. The molecule has 5 nitrogen and oxygen atoms in total. The van der Waals surface area contributed by atoms with Gasteiger partial charge in [-0.3, -0.25) is 9.48 Å². The van der Waals surface area contributed by atoms with E-state index in [4.69, 9.17) is 5.73 Å². The van der Waals surface area contributed by atoms with Crippen molar-refractivity contribution in [2.24, 2.45) is 7.05 Å². The summed E-state index contributed by atoms with van der Waals surface area (Å²) in [5, 5.41) is 7.11. The van der Waals surface area contributed by atoms with Crippen molar-refractivity contribution in [3.8, 4) is 0 Å². The monoisotopic (exact) mass is 244 g/mol. The molecule has 0 unspecified atom stereocenters. The molecule has 3 N–H and O–H groups in total. The first kappa shape index (κ1) is 12.2. The number of nitrogens with two attached hydrogens (primary N) is 1. The molecular weight excluding hydrogens is 228 g/mol. The van der Waals surface area contributed by atoms with Gasteiger partial charge < -0.3 is 11.1 Å². The second-order valence-electron chi connectivity index (χ2n) is 4.06. The lowest BCUT2D eigenvalue weighted by molar-refractivity contribution is 0.102. The highest BCUT2D eigenvalue weighted by Crippen LogP contribution is 2.17. The Labute approximate surface area is 106 Å². The van der Waals surface area contributed by atoms with Crippen molar-refractivity contribution in [3.63, 3.8) is 0 Å². The average Bonchev–Trinajstić information content (AvgIpc) is 2.70. The van der Waals surface area contributed by atoms with Crippen molar-refractivity contribution in [1.82, 2.24) is 9.78 Å². The minimum atomic E-state index is -0.212. The van der Waals surface area contributed by atoms with E-state index < -0.39 is 0 Å². The van der Waals surface area contributed by atoms with E-state index in [2.05, 4.69) is 10.4 Å². The number of nitrogen functional groups attached to an aromatic ring is 1. The zero-order valence-electron chi connectivity index (χ0n) is 10.5. The van der Waals surface area contributed by atoms with Crippen LogP contribution in [0.15, 0.2) is 30.5 Å². The van der Waals surface area contributed by atoms with E-state index in [0.717, 1.165) is 17.8 Å². The van der Waals surface area contributed by atoms with Crippen LogP contribution >= 0.6 is 0 Å². The SMILES string of the molecule is CCc1nn(C)cc1NC(=O)c1ccccc1N. The largest absolute Gasteiger partial charge is 0.398 e. The Bertz CT molecular complexity index is 574. The summed E-state index contributed by atoms with van der Waals surface area (Å²) >= 11 is 0. The number of rotatable bonds is 3. The molecule has 0 spiro atoms. The lowest BCUT2D eigenvalue weighted by Gasteiger charge is -2.06. The summed E-state index contributed by atoms with van der Waals surface area (Å²) in [5.74, 6) is -0.212. The number of anilines is 2. The Morgan fingerprint density at radius 1 is 1.44 bits per heavy atom. The molecule has 94 valence electrons. The van der Waals surface area contributed by atoms with Crippen molar-refractivity contribution in [2.75, 3.05) is 11.1 Å². The lowest BCUT2D eigenvalue weighted by Crippen LogP contribution is -2.14. The van der Waals surface area contributed by atoms with Gasteiger partial charge in [0, 0.05) is 18.9 Å². The lowest BCUT2D eigenvalue weighted by atomic mass is 10.1. The summed E-state index contributed by atoms with van der Waals surface area (Å²) in [6, 6.07) is 6.99. The van der Waals surface area contributed by atoms with Crippen LogP contribution in [0, 0.1) is 0 Å². The number of hydrogen-bond donors (Lipinski definition) is 2. The minimum Gasteiger partial charge on any atom is -0.398 e. The Morgan fingerprint density at radius 2 is 2.17 bits per heavy atom. The van der Waals surface area contributed by atoms with Gasteiger partial charge >= 0.3 is 0 Å². The Hall–Kier alpha value is -2.30. The predicted octanol–water partition coefficient (Wildman–Crippen LogP) is 1.82. The van der Waals surface area contributed by atoms with Gasteiger partial charge in [-0.1, -0.05) is 19.1 Å². The van der Waals surface area contributed by atoms with E-state index in [1.807, 2.05) is 14.0 Å². The van der Waals surface area contributed by atoms with Gasteiger partial charge in [-0.25, -0.2) is 0 Å². The number of carbonyl (C=O) groups is 1. The van der Waals surface area contributed by atoms with E-state index >= 15 is 0 Å². The van der Waals surface area contributed by atoms with Crippen LogP contribution in [0.1, 0.15) is 23.0 Å². The summed E-state index contributed by atoms with van der Waals surface area (Å²) in [5.41, 5.74) is 8.31. The molecule has 0 atom stereocenters. The molecule has 0 bridgehead atoms. The van der Waals surface area contributed by atoms with E-state index in [9.17, 15) is 4.79 Å². The maximum Gasteiger partial charge on any atom is 0.257 e. The molecule has 1 aromatic heterocycles. The van der Waals surface area contributed by atoms with E-state index in [0.29, 0.717) is 11.3 Å². The number of para-hydroxylation sites is 1. The van der Waals surface area contributed by atoms with E-state index in [1.165, 1.54) is 0 Å². The van der Waals surface area contributed by atoms with Gasteiger partial charge in [0.1, 0.15) is 0 Å². The molecule has 0 radical (unpaired) electrons. The van der Waals surface area contributed by atoms with Gasteiger partial charge in [0.05, 0.1) is 16.9 Å². The topological polar surface area (TPSA) is 72.9 Å². The molecule has 18 heavy (non-hydrogen) atoms. The van der Waals surface area contributed by atoms with Crippen molar-refractivity contribution >= 4 is 17.3 Å². The predicted molar refractivity (Wildman–Crippen MR) is 71.4 cm³/mol. The van der Waals surface area contributed by atoms with Crippen molar-refractivity contribution < 1.29 is 4.79 Å². The van der Waals surface area contributed by atoms with Crippen LogP contribution in [-0.2, 0) is 13.5 Å². The standard InChI is InChI=1S/C13H16N4O/c1-3-11-12(8-17(2)16-11)15-13(18)9-6-4-5-7-10(9)14/h4-8H,3,14H2,1-2H3,(H,15,18). The molecule has 0 saturated carbocycles. The number of carbonyl (C=O) groups excluding carboxylic acids is 1.